The predicted molar refractivity (Wildman–Crippen MR) is 95.7 cm³/mol. The normalized spacial score (nSPS) is 15.3. The summed E-state index contributed by atoms with van der Waals surface area (Å²) in [7, 11) is -4.05. The van der Waals surface area contributed by atoms with Gasteiger partial charge in [-0.2, -0.15) is 0 Å². The highest BCUT2D eigenvalue weighted by Crippen LogP contribution is 2.35. The van der Waals surface area contributed by atoms with Gasteiger partial charge >= 0.3 is 0 Å². The van der Waals surface area contributed by atoms with Crippen molar-refractivity contribution in [3.8, 4) is 0 Å². The molecule has 1 aromatic heterocycles. The van der Waals surface area contributed by atoms with Crippen LogP contribution in [0.2, 0.25) is 5.02 Å². The van der Waals surface area contributed by atoms with E-state index in [1.54, 1.807) is 24.3 Å². The highest BCUT2D eigenvalue weighted by molar-refractivity contribution is 8.08. The maximum Gasteiger partial charge on any atom is 0.283 e. The lowest BCUT2D eigenvalue weighted by molar-refractivity contribution is -0.114. The van der Waals surface area contributed by atoms with Gasteiger partial charge in [-0.1, -0.05) is 18.5 Å². The molecule has 3 rings (SSSR count). The van der Waals surface area contributed by atoms with Gasteiger partial charge in [-0.25, -0.2) is 18.4 Å². The number of anilines is 2. The van der Waals surface area contributed by atoms with Crippen molar-refractivity contribution < 1.29 is 13.2 Å². The second kappa shape index (κ2) is 6.81. The van der Waals surface area contributed by atoms with Crippen LogP contribution in [0.3, 0.4) is 0 Å². The SMILES string of the molecule is CCCNC(=O)C1=NN(c2ccc(Cl)cc2)c2ncccc2S1(=O)=O. The molecule has 7 nitrogen and oxygen atoms in total. The zero-order valence-corrected chi connectivity index (χ0v) is 14.9. The number of nitrogens with one attached hydrogen (secondary N) is 1. The first kappa shape index (κ1) is 17.4. The number of rotatable bonds is 4. The van der Waals surface area contributed by atoms with Gasteiger partial charge in [0.05, 0.1) is 5.69 Å². The van der Waals surface area contributed by atoms with Crippen molar-refractivity contribution in [2.45, 2.75) is 18.2 Å². The van der Waals surface area contributed by atoms with Crippen LogP contribution in [-0.2, 0) is 14.6 Å². The molecule has 0 saturated carbocycles. The van der Waals surface area contributed by atoms with Crippen molar-refractivity contribution in [1.82, 2.24) is 10.3 Å². The number of amides is 1. The Morgan fingerprint density at radius 2 is 1.96 bits per heavy atom. The van der Waals surface area contributed by atoms with Crippen molar-refractivity contribution in [2.24, 2.45) is 5.10 Å². The molecule has 0 spiro atoms. The summed E-state index contributed by atoms with van der Waals surface area (Å²) in [6.07, 6.45) is 2.15. The summed E-state index contributed by atoms with van der Waals surface area (Å²) in [5, 5.41) is 7.92. The maximum atomic E-state index is 12.8. The molecule has 0 aliphatic carbocycles. The van der Waals surface area contributed by atoms with Crippen molar-refractivity contribution in [3.63, 3.8) is 0 Å². The Balaban J connectivity index is 2.15. The average molecular weight is 379 g/mol. The summed E-state index contributed by atoms with van der Waals surface area (Å²) in [5.74, 6) is -0.604. The van der Waals surface area contributed by atoms with E-state index in [0.717, 1.165) is 0 Å². The smallest absolute Gasteiger partial charge is 0.283 e. The molecule has 25 heavy (non-hydrogen) atoms. The van der Waals surface area contributed by atoms with Crippen LogP contribution in [0.25, 0.3) is 0 Å². The molecule has 1 aliphatic heterocycles. The molecule has 0 radical (unpaired) electrons. The van der Waals surface area contributed by atoms with E-state index < -0.39 is 20.8 Å². The lowest BCUT2D eigenvalue weighted by Gasteiger charge is -2.25. The van der Waals surface area contributed by atoms with Gasteiger partial charge in [0.2, 0.25) is 14.9 Å². The Hall–Kier alpha value is -2.45. The van der Waals surface area contributed by atoms with Gasteiger partial charge in [-0.3, -0.25) is 4.79 Å². The van der Waals surface area contributed by atoms with Gasteiger partial charge in [-0.05, 0) is 42.8 Å². The van der Waals surface area contributed by atoms with E-state index in [9.17, 15) is 13.2 Å². The fourth-order valence-corrected chi connectivity index (χ4v) is 3.77. The van der Waals surface area contributed by atoms with Crippen LogP contribution in [0, 0.1) is 0 Å². The van der Waals surface area contributed by atoms with Crippen molar-refractivity contribution >= 4 is 43.9 Å². The first-order valence-electron chi connectivity index (χ1n) is 7.57. The van der Waals surface area contributed by atoms with E-state index in [1.165, 1.54) is 23.3 Å². The van der Waals surface area contributed by atoms with Crippen molar-refractivity contribution in [1.29, 1.82) is 0 Å². The first-order valence-corrected chi connectivity index (χ1v) is 9.44. The van der Waals surface area contributed by atoms with Crippen LogP contribution in [0.15, 0.2) is 52.6 Å². The number of hydrogen-bond donors (Lipinski definition) is 1. The lowest BCUT2D eigenvalue weighted by atomic mass is 10.3. The Morgan fingerprint density at radius 1 is 1.24 bits per heavy atom. The Kier molecular flexibility index (Phi) is 4.73. The number of fused-ring (bicyclic) bond motifs is 1. The molecule has 0 bridgehead atoms. The Labute approximate surface area is 150 Å². The molecule has 2 aromatic rings. The molecule has 1 N–H and O–H groups in total. The summed E-state index contributed by atoms with van der Waals surface area (Å²) in [6, 6.07) is 9.54. The quantitative estimate of drug-likeness (QED) is 0.882. The lowest BCUT2D eigenvalue weighted by Crippen LogP contribution is -2.40. The summed E-state index contributed by atoms with van der Waals surface area (Å²) >= 11 is 5.90. The number of carbonyl (C=O) groups is 1. The molecule has 0 fully saturated rings. The number of halogens is 1. The van der Waals surface area contributed by atoms with Gasteiger partial charge in [0.1, 0.15) is 4.90 Å². The molecule has 1 amide bonds. The topological polar surface area (TPSA) is 91.7 Å². The van der Waals surface area contributed by atoms with E-state index in [4.69, 9.17) is 11.6 Å². The summed E-state index contributed by atoms with van der Waals surface area (Å²) in [5.41, 5.74) is 0.542. The largest absolute Gasteiger partial charge is 0.350 e. The molecular formula is C16H15ClN4O3S. The molecule has 0 saturated heterocycles. The van der Waals surface area contributed by atoms with E-state index in [0.29, 0.717) is 23.7 Å². The van der Waals surface area contributed by atoms with Gasteiger partial charge < -0.3 is 5.32 Å². The van der Waals surface area contributed by atoms with Gasteiger partial charge in [0.25, 0.3) is 5.91 Å². The predicted octanol–water partition coefficient (Wildman–Crippen LogP) is 2.50. The van der Waals surface area contributed by atoms with Crippen molar-refractivity contribution in [3.05, 3.63) is 47.6 Å². The van der Waals surface area contributed by atoms with Gasteiger partial charge in [0.15, 0.2) is 5.82 Å². The van der Waals surface area contributed by atoms with Gasteiger partial charge in [0, 0.05) is 17.8 Å². The molecule has 130 valence electrons. The monoisotopic (exact) mass is 378 g/mol. The first-order chi connectivity index (χ1) is 11.9. The number of carbonyl (C=O) groups excluding carboxylic acids is 1. The minimum Gasteiger partial charge on any atom is -0.350 e. The average Bonchev–Trinajstić information content (AvgIpc) is 2.61. The maximum absolute atomic E-state index is 12.8. The number of benzene rings is 1. The number of hydrazone groups is 1. The van der Waals surface area contributed by atoms with Crippen LogP contribution in [0.5, 0.6) is 0 Å². The van der Waals surface area contributed by atoms with Crippen LogP contribution in [0.1, 0.15) is 13.3 Å². The van der Waals surface area contributed by atoms with E-state index in [2.05, 4.69) is 15.4 Å². The summed E-state index contributed by atoms with van der Waals surface area (Å²) < 4.78 is 25.5. The second-order valence-electron chi connectivity index (χ2n) is 5.28. The van der Waals surface area contributed by atoms with Crippen LogP contribution >= 0.6 is 11.6 Å². The van der Waals surface area contributed by atoms with Gasteiger partial charge in [-0.15, -0.1) is 5.10 Å². The zero-order chi connectivity index (χ0) is 18.0. The Bertz CT molecular complexity index is 942. The van der Waals surface area contributed by atoms with E-state index in [-0.39, 0.29) is 10.7 Å². The van der Waals surface area contributed by atoms with E-state index >= 15 is 0 Å². The van der Waals surface area contributed by atoms with Crippen LogP contribution < -0.4 is 10.3 Å². The minimum absolute atomic E-state index is 0.0680. The zero-order valence-electron chi connectivity index (χ0n) is 13.3. The minimum atomic E-state index is -4.05. The highest BCUT2D eigenvalue weighted by Gasteiger charge is 2.38. The molecule has 2 heterocycles. The van der Waals surface area contributed by atoms with Crippen LogP contribution in [0.4, 0.5) is 11.5 Å². The molecule has 0 unspecified atom stereocenters. The van der Waals surface area contributed by atoms with Crippen molar-refractivity contribution in [2.75, 3.05) is 11.6 Å². The Morgan fingerprint density at radius 3 is 2.64 bits per heavy atom. The molecule has 0 atom stereocenters. The molecular weight excluding hydrogens is 364 g/mol. The van der Waals surface area contributed by atoms with Crippen LogP contribution in [-0.4, -0.2) is 30.9 Å². The molecule has 1 aromatic carbocycles. The molecule has 1 aliphatic rings. The fourth-order valence-electron chi connectivity index (χ4n) is 2.29. The summed E-state index contributed by atoms with van der Waals surface area (Å²) in [4.78, 5) is 16.4. The third-order valence-electron chi connectivity index (χ3n) is 3.49. The number of nitrogens with zero attached hydrogens (tertiary/aromatic N) is 3. The fraction of sp³-hybridized carbons (Fsp3) is 0.188. The molecule has 9 heteroatoms. The second-order valence-corrected chi connectivity index (χ2v) is 7.55. The standard InChI is InChI=1S/C16H15ClN4O3S/c1-2-9-19-15(22)16-20-21(12-7-5-11(17)6-8-12)14-13(25(16,23)24)4-3-10-18-14/h3-8,10H,2,9H2,1H3,(H,19,22). The van der Waals surface area contributed by atoms with E-state index in [1.807, 2.05) is 6.92 Å². The third-order valence-corrected chi connectivity index (χ3v) is 5.41. The summed E-state index contributed by atoms with van der Waals surface area (Å²) in [6.45, 7) is 2.23. The number of pyridine rings is 1. The number of sulfone groups is 1. The third kappa shape index (κ3) is 3.22. The number of hydrogen-bond acceptors (Lipinski definition) is 6. The number of aromatic nitrogens is 1. The highest BCUT2D eigenvalue weighted by atomic mass is 35.5.